The number of nitrogens with zero attached hydrogens (tertiary/aromatic N) is 3. The molecule has 1 heterocycles. The maximum absolute atomic E-state index is 5.67. The molecule has 27 heavy (non-hydrogen) atoms. The molecule has 2 N–H and O–H groups in total. The number of benzene rings is 1. The van der Waals surface area contributed by atoms with Crippen molar-refractivity contribution in [1.82, 2.24) is 15.6 Å². The van der Waals surface area contributed by atoms with E-state index in [9.17, 15) is 0 Å². The second-order valence-electron chi connectivity index (χ2n) is 6.02. The first kappa shape index (κ1) is 20.6. The largest absolute Gasteiger partial charge is 0.494 e. The molecule has 0 aliphatic heterocycles. The molecule has 0 saturated carbocycles. The zero-order valence-corrected chi connectivity index (χ0v) is 16.8. The van der Waals surface area contributed by atoms with E-state index in [0.717, 1.165) is 41.7 Å². The van der Waals surface area contributed by atoms with E-state index in [4.69, 9.17) is 4.74 Å². The zero-order chi connectivity index (χ0) is 19.5. The molecule has 0 atom stereocenters. The molecule has 1 aromatic heterocycles. The standard InChI is InChI=1S/C21H31N5O/c1-5-26(6-2)20-13-12-17(14-23-20)15-24-21(22-4)25-16-18-10-8-9-11-19(18)27-7-3/h8-14H,5-7,15-16H2,1-4H3,(H2,22,24,25). The zero-order valence-electron chi connectivity index (χ0n) is 16.8. The van der Waals surface area contributed by atoms with Gasteiger partial charge < -0.3 is 20.3 Å². The van der Waals surface area contributed by atoms with Crippen molar-refractivity contribution in [2.24, 2.45) is 4.99 Å². The molecule has 6 heteroatoms. The Morgan fingerprint density at radius 2 is 1.78 bits per heavy atom. The number of aromatic nitrogens is 1. The number of para-hydroxylation sites is 1. The maximum Gasteiger partial charge on any atom is 0.191 e. The summed E-state index contributed by atoms with van der Waals surface area (Å²) in [6.45, 7) is 10.2. The Labute approximate surface area is 162 Å². The van der Waals surface area contributed by atoms with Crippen LogP contribution in [-0.2, 0) is 13.1 Å². The number of hydrogen-bond donors (Lipinski definition) is 2. The van der Waals surface area contributed by atoms with Crippen LogP contribution >= 0.6 is 0 Å². The van der Waals surface area contributed by atoms with E-state index in [-0.39, 0.29) is 0 Å². The van der Waals surface area contributed by atoms with Crippen molar-refractivity contribution in [2.45, 2.75) is 33.9 Å². The van der Waals surface area contributed by atoms with Crippen LogP contribution in [0.4, 0.5) is 5.82 Å². The van der Waals surface area contributed by atoms with Gasteiger partial charge in [-0.05, 0) is 38.5 Å². The minimum atomic E-state index is 0.648. The van der Waals surface area contributed by atoms with Crippen LogP contribution in [0.2, 0.25) is 0 Å². The molecule has 2 rings (SSSR count). The monoisotopic (exact) mass is 369 g/mol. The van der Waals surface area contributed by atoms with Crippen molar-refractivity contribution in [3.8, 4) is 5.75 Å². The minimum absolute atomic E-state index is 0.648. The normalized spacial score (nSPS) is 11.2. The van der Waals surface area contributed by atoms with Crippen LogP contribution in [-0.4, -0.2) is 37.7 Å². The number of hydrogen-bond acceptors (Lipinski definition) is 4. The van der Waals surface area contributed by atoms with Crippen molar-refractivity contribution in [3.63, 3.8) is 0 Å². The van der Waals surface area contributed by atoms with E-state index in [2.05, 4.69) is 57.6 Å². The number of guanidine groups is 1. The van der Waals surface area contributed by atoms with Crippen molar-refractivity contribution in [1.29, 1.82) is 0 Å². The fourth-order valence-electron chi connectivity index (χ4n) is 2.79. The van der Waals surface area contributed by atoms with Gasteiger partial charge >= 0.3 is 0 Å². The topological polar surface area (TPSA) is 61.8 Å². The number of nitrogens with one attached hydrogen (secondary N) is 2. The van der Waals surface area contributed by atoms with E-state index >= 15 is 0 Å². The van der Waals surface area contributed by atoms with E-state index in [1.165, 1.54) is 0 Å². The summed E-state index contributed by atoms with van der Waals surface area (Å²) in [5, 5.41) is 6.66. The van der Waals surface area contributed by atoms with Gasteiger partial charge in [0.1, 0.15) is 11.6 Å². The molecule has 0 radical (unpaired) electrons. The molecule has 2 aromatic rings. The van der Waals surface area contributed by atoms with Gasteiger partial charge in [-0.25, -0.2) is 4.98 Å². The molecule has 0 aliphatic rings. The van der Waals surface area contributed by atoms with Gasteiger partial charge in [0.15, 0.2) is 5.96 Å². The lowest BCUT2D eigenvalue weighted by molar-refractivity contribution is 0.336. The quantitative estimate of drug-likeness (QED) is 0.525. The summed E-state index contributed by atoms with van der Waals surface area (Å²) in [6.07, 6.45) is 1.92. The summed E-state index contributed by atoms with van der Waals surface area (Å²) in [5.41, 5.74) is 2.22. The van der Waals surface area contributed by atoms with Gasteiger partial charge in [-0.2, -0.15) is 0 Å². The Kier molecular flexibility index (Phi) is 8.42. The summed E-state index contributed by atoms with van der Waals surface area (Å²) < 4.78 is 5.67. The van der Waals surface area contributed by atoms with Gasteiger partial charge in [-0.3, -0.25) is 4.99 Å². The van der Waals surface area contributed by atoms with E-state index in [0.29, 0.717) is 19.7 Å². The highest BCUT2D eigenvalue weighted by Crippen LogP contribution is 2.17. The third-order valence-corrected chi connectivity index (χ3v) is 4.30. The minimum Gasteiger partial charge on any atom is -0.494 e. The van der Waals surface area contributed by atoms with Crippen molar-refractivity contribution in [3.05, 3.63) is 53.7 Å². The number of rotatable bonds is 9. The molecule has 0 aliphatic carbocycles. The first-order valence-corrected chi connectivity index (χ1v) is 9.56. The molecule has 6 nitrogen and oxygen atoms in total. The number of aliphatic imine (C=N–C) groups is 1. The molecule has 146 valence electrons. The third-order valence-electron chi connectivity index (χ3n) is 4.30. The summed E-state index contributed by atoms with van der Waals surface area (Å²) in [5.74, 6) is 2.66. The molecule has 0 saturated heterocycles. The van der Waals surface area contributed by atoms with Crippen LogP contribution in [0, 0.1) is 0 Å². The van der Waals surface area contributed by atoms with Crippen LogP contribution in [0.1, 0.15) is 31.9 Å². The first-order chi connectivity index (χ1) is 13.2. The van der Waals surface area contributed by atoms with Gasteiger partial charge in [0.25, 0.3) is 0 Å². The number of ether oxygens (including phenoxy) is 1. The molecule has 0 unspecified atom stereocenters. The molecule has 0 amide bonds. The lowest BCUT2D eigenvalue weighted by Crippen LogP contribution is -2.36. The summed E-state index contributed by atoms with van der Waals surface area (Å²) in [6, 6.07) is 12.2. The Morgan fingerprint density at radius 3 is 2.41 bits per heavy atom. The third kappa shape index (κ3) is 6.16. The van der Waals surface area contributed by atoms with Gasteiger partial charge in [0.05, 0.1) is 6.61 Å². The molecular formula is C21H31N5O. The van der Waals surface area contributed by atoms with Crippen molar-refractivity contribution >= 4 is 11.8 Å². The van der Waals surface area contributed by atoms with Crippen LogP contribution in [0.5, 0.6) is 5.75 Å². The lowest BCUT2D eigenvalue weighted by atomic mass is 10.2. The van der Waals surface area contributed by atoms with E-state index in [1.54, 1.807) is 7.05 Å². The first-order valence-electron chi connectivity index (χ1n) is 9.56. The molecule has 1 aromatic carbocycles. The van der Waals surface area contributed by atoms with Crippen LogP contribution < -0.4 is 20.3 Å². The van der Waals surface area contributed by atoms with Crippen molar-refractivity contribution < 1.29 is 4.74 Å². The highest BCUT2D eigenvalue weighted by Gasteiger charge is 2.06. The molecular weight excluding hydrogens is 338 g/mol. The van der Waals surface area contributed by atoms with Gasteiger partial charge in [0.2, 0.25) is 0 Å². The van der Waals surface area contributed by atoms with Crippen LogP contribution in [0.15, 0.2) is 47.6 Å². The maximum atomic E-state index is 5.67. The second-order valence-corrected chi connectivity index (χ2v) is 6.02. The van der Waals surface area contributed by atoms with Gasteiger partial charge in [-0.15, -0.1) is 0 Å². The molecule has 0 spiro atoms. The Hall–Kier alpha value is -2.76. The van der Waals surface area contributed by atoms with E-state index in [1.807, 2.05) is 31.3 Å². The number of pyridine rings is 1. The smallest absolute Gasteiger partial charge is 0.191 e. The fourth-order valence-corrected chi connectivity index (χ4v) is 2.79. The predicted molar refractivity (Wildman–Crippen MR) is 112 cm³/mol. The summed E-state index contributed by atoms with van der Waals surface area (Å²) in [4.78, 5) is 11.1. The van der Waals surface area contributed by atoms with Gasteiger partial charge in [0, 0.05) is 45.0 Å². The summed E-state index contributed by atoms with van der Waals surface area (Å²) in [7, 11) is 1.77. The Balaban J connectivity index is 1.89. The van der Waals surface area contributed by atoms with E-state index < -0.39 is 0 Å². The highest BCUT2D eigenvalue weighted by atomic mass is 16.5. The summed E-state index contributed by atoms with van der Waals surface area (Å²) >= 11 is 0. The number of anilines is 1. The Bertz CT molecular complexity index is 711. The molecule has 0 bridgehead atoms. The fraction of sp³-hybridized carbons (Fsp3) is 0.429. The second kappa shape index (κ2) is 11.1. The SMILES string of the molecule is CCOc1ccccc1CNC(=NC)NCc1ccc(N(CC)CC)nc1. The van der Waals surface area contributed by atoms with Crippen molar-refractivity contribution in [2.75, 3.05) is 31.6 Å². The van der Waals surface area contributed by atoms with Gasteiger partial charge in [-0.1, -0.05) is 24.3 Å². The Morgan fingerprint density at radius 1 is 1.04 bits per heavy atom. The lowest BCUT2D eigenvalue weighted by Gasteiger charge is -2.19. The average molecular weight is 370 g/mol. The highest BCUT2D eigenvalue weighted by molar-refractivity contribution is 5.79. The van der Waals surface area contributed by atoms with Crippen LogP contribution in [0.25, 0.3) is 0 Å². The predicted octanol–water partition coefficient (Wildman–Crippen LogP) is 3.19. The molecule has 0 fully saturated rings. The average Bonchev–Trinajstić information content (AvgIpc) is 2.71. The van der Waals surface area contributed by atoms with Crippen LogP contribution in [0.3, 0.4) is 0 Å².